The van der Waals surface area contributed by atoms with Crippen molar-refractivity contribution in [3.63, 3.8) is 0 Å². The molecule has 4 nitrogen and oxygen atoms in total. The van der Waals surface area contributed by atoms with E-state index in [1.807, 2.05) is 18.2 Å². The predicted molar refractivity (Wildman–Crippen MR) is 73.1 cm³/mol. The number of unbranched alkanes of at least 4 members (excludes halogenated alkanes) is 1. The molecule has 0 radical (unpaired) electrons. The van der Waals surface area contributed by atoms with Gasteiger partial charge in [0.25, 0.3) is 0 Å². The molecule has 1 aromatic rings. The van der Waals surface area contributed by atoms with Gasteiger partial charge < -0.3 is 11.5 Å². The van der Waals surface area contributed by atoms with Gasteiger partial charge in [-0.2, -0.15) is 0 Å². The first-order chi connectivity index (χ1) is 9.02. The van der Waals surface area contributed by atoms with Crippen LogP contribution in [-0.2, 0) is 22.4 Å². The molecule has 2 bridgehead atoms. The number of benzene rings is 1. The van der Waals surface area contributed by atoms with Gasteiger partial charge in [0.1, 0.15) is 0 Å². The van der Waals surface area contributed by atoms with Crippen LogP contribution in [0, 0.1) is 5.41 Å². The Hall–Kier alpha value is -1.84. The normalized spacial score (nSPS) is 16.0. The number of primary amides is 2. The molecule has 4 N–H and O–H groups in total. The fraction of sp³-hybridized carbons (Fsp3) is 0.467. The minimum absolute atomic E-state index is 0.238. The smallest absolute Gasteiger partial charge is 0.224 e. The lowest BCUT2D eigenvalue weighted by atomic mass is 9.69. The van der Waals surface area contributed by atoms with E-state index >= 15 is 0 Å². The van der Waals surface area contributed by atoms with Crippen LogP contribution in [0.3, 0.4) is 0 Å². The summed E-state index contributed by atoms with van der Waals surface area (Å²) in [5.74, 6) is -0.527. The maximum Gasteiger partial charge on any atom is 0.224 e. The summed E-state index contributed by atoms with van der Waals surface area (Å²) in [6.45, 7) is 0. The topological polar surface area (TPSA) is 86.2 Å². The molecule has 0 saturated heterocycles. The zero-order chi connectivity index (χ0) is 13.9. The van der Waals surface area contributed by atoms with Gasteiger partial charge in [0.15, 0.2) is 0 Å². The Morgan fingerprint density at radius 1 is 1.11 bits per heavy atom. The van der Waals surface area contributed by atoms with Crippen molar-refractivity contribution in [2.24, 2.45) is 16.9 Å². The van der Waals surface area contributed by atoms with Crippen LogP contribution in [0.1, 0.15) is 36.8 Å². The number of carbonyl (C=O) groups excluding carboxylic acids is 2. The molecule has 4 heteroatoms. The first-order valence-corrected chi connectivity index (χ1v) is 6.68. The van der Waals surface area contributed by atoms with Crippen molar-refractivity contribution >= 4 is 11.8 Å². The number of nitrogens with two attached hydrogens (primary N) is 2. The zero-order valence-corrected chi connectivity index (χ0v) is 11.0. The van der Waals surface area contributed by atoms with Crippen LogP contribution in [0.4, 0.5) is 0 Å². The minimum atomic E-state index is -0.488. The van der Waals surface area contributed by atoms with E-state index < -0.39 is 5.41 Å². The first kappa shape index (κ1) is 13.6. The molecule has 1 aliphatic carbocycles. The SMILES string of the molecule is NC(=O)CCCCC1(C(N)=O)Cc2cccc(c2)C1. The molecule has 0 atom stereocenters. The third kappa shape index (κ3) is 3.13. The molecule has 0 heterocycles. The van der Waals surface area contributed by atoms with Crippen molar-refractivity contribution in [2.75, 3.05) is 0 Å². The lowest BCUT2D eigenvalue weighted by Crippen LogP contribution is -2.42. The van der Waals surface area contributed by atoms with Gasteiger partial charge in [-0.25, -0.2) is 0 Å². The Balaban J connectivity index is 2.04. The summed E-state index contributed by atoms with van der Waals surface area (Å²) < 4.78 is 0. The second-order valence-electron chi connectivity index (χ2n) is 5.49. The Kier molecular flexibility index (Phi) is 3.88. The molecule has 1 aromatic carbocycles. The summed E-state index contributed by atoms with van der Waals surface area (Å²) >= 11 is 0. The zero-order valence-electron chi connectivity index (χ0n) is 11.0. The van der Waals surface area contributed by atoms with Crippen molar-refractivity contribution in [1.82, 2.24) is 0 Å². The lowest BCUT2D eigenvalue weighted by molar-refractivity contribution is -0.128. The summed E-state index contributed by atoms with van der Waals surface area (Å²) in [4.78, 5) is 22.6. The Labute approximate surface area is 113 Å². The van der Waals surface area contributed by atoms with Gasteiger partial charge in [0, 0.05) is 6.42 Å². The molecule has 0 spiro atoms. The fourth-order valence-corrected chi connectivity index (χ4v) is 2.93. The van der Waals surface area contributed by atoms with Gasteiger partial charge in [0.05, 0.1) is 5.41 Å². The molecule has 2 rings (SSSR count). The molecule has 0 aliphatic heterocycles. The minimum Gasteiger partial charge on any atom is -0.370 e. The third-order valence-corrected chi connectivity index (χ3v) is 3.93. The molecular weight excluding hydrogens is 240 g/mol. The Bertz CT molecular complexity index is 475. The summed E-state index contributed by atoms with van der Waals surface area (Å²) in [5, 5.41) is 0. The van der Waals surface area contributed by atoms with E-state index in [4.69, 9.17) is 11.5 Å². The van der Waals surface area contributed by atoms with Gasteiger partial charge in [-0.3, -0.25) is 9.59 Å². The van der Waals surface area contributed by atoms with E-state index in [1.54, 1.807) is 0 Å². The second-order valence-corrected chi connectivity index (χ2v) is 5.49. The molecule has 19 heavy (non-hydrogen) atoms. The molecule has 0 saturated carbocycles. The molecule has 102 valence electrons. The van der Waals surface area contributed by atoms with E-state index in [9.17, 15) is 9.59 Å². The highest BCUT2D eigenvalue weighted by Crippen LogP contribution is 2.37. The molecule has 0 aromatic heterocycles. The van der Waals surface area contributed by atoms with Crippen LogP contribution in [0.5, 0.6) is 0 Å². The van der Waals surface area contributed by atoms with Crippen LogP contribution in [0.25, 0.3) is 0 Å². The van der Waals surface area contributed by atoms with Crippen LogP contribution >= 0.6 is 0 Å². The summed E-state index contributed by atoms with van der Waals surface area (Å²) in [7, 11) is 0. The van der Waals surface area contributed by atoms with Crippen LogP contribution < -0.4 is 11.5 Å². The number of hydrogen-bond acceptors (Lipinski definition) is 2. The average Bonchev–Trinajstić information content (AvgIpc) is 2.34. The van der Waals surface area contributed by atoms with Crippen LogP contribution in [0.15, 0.2) is 24.3 Å². The Morgan fingerprint density at radius 2 is 1.74 bits per heavy atom. The summed E-state index contributed by atoms with van der Waals surface area (Å²) in [5.41, 5.74) is 12.6. The average molecular weight is 260 g/mol. The summed E-state index contributed by atoms with van der Waals surface area (Å²) in [6.07, 6.45) is 4.02. The van der Waals surface area contributed by atoms with E-state index in [1.165, 1.54) is 0 Å². The van der Waals surface area contributed by atoms with Crippen molar-refractivity contribution < 1.29 is 9.59 Å². The largest absolute Gasteiger partial charge is 0.370 e. The van der Waals surface area contributed by atoms with Crippen molar-refractivity contribution in [3.8, 4) is 0 Å². The molecule has 0 fully saturated rings. The van der Waals surface area contributed by atoms with E-state index in [0.29, 0.717) is 19.3 Å². The standard InChI is InChI=1S/C15H20N2O2/c16-13(18)6-1-2-7-15(14(17)19)9-11-4-3-5-12(8-11)10-15/h3-5,8H,1-2,6-7,9-10H2,(H2,16,18)(H2,17,19). The molecule has 0 unspecified atom stereocenters. The highest BCUT2D eigenvalue weighted by atomic mass is 16.1. The lowest BCUT2D eigenvalue weighted by Gasteiger charge is -2.34. The Morgan fingerprint density at radius 3 is 2.26 bits per heavy atom. The van der Waals surface area contributed by atoms with Crippen molar-refractivity contribution in [1.29, 1.82) is 0 Å². The second kappa shape index (κ2) is 5.43. The van der Waals surface area contributed by atoms with Crippen LogP contribution in [0.2, 0.25) is 0 Å². The maximum atomic E-state index is 11.9. The number of carbonyl (C=O) groups is 2. The van der Waals surface area contributed by atoms with Gasteiger partial charge in [0.2, 0.25) is 11.8 Å². The highest BCUT2D eigenvalue weighted by molar-refractivity contribution is 5.82. The number of amides is 2. The molecular formula is C15H20N2O2. The monoisotopic (exact) mass is 260 g/mol. The van der Waals surface area contributed by atoms with Gasteiger partial charge in [-0.15, -0.1) is 0 Å². The van der Waals surface area contributed by atoms with Crippen molar-refractivity contribution in [2.45, 2.75) is 38.5 Å². The predicted octanol–water partition coefficient (Wildman–Crippen LogP) is 1.30. The number of fused-ring (bicyclic) bond motifs is 2. The van der Waals surface area contributed by atoms with Gasteiger partial charge in [-0.05, 0) is 36.8 Å². The molecule has 1 aliphatic rings. The highest BCUT2D eigenvalue weighted by Gasteiger charge is 2.38. The van der Waals surface area contributed by atoms with Crippen LogP contribution in [-0.4, -0.2) is 11.8 Å². The first-order valence-electron chi connectivity index (χ1n) is 6.68. The van der Waals surface area contributed by atoms with E-state index in [-0.39, 0.29) is 11.8 Å². The number of hydrogen-bond donors (Lipinski definition) is 2. The molecule has 2 amide bonds. The van der Waals surface area contributed by atoms with Crippen molar-refractivity contribution in [3.05, 3.63) is 35.4 Å². The van der Waals surface area contributed by atoms with E-state index in [2.05, 4.69) is 6.07 Å². The quantitative estimate of drug-likeness (QED) is 0.755. The van der Waals surface area contributed by atoms with Gasteiger partial charge in [-0.1, -0.05) is 30.7 Å². The van der Waals surface area contributed by atoms with E-state index in [0.717, 1.165) is 30.4 Å². The fourth-order valence-electron chi connectivity index (χ4n) is 2.93. The van der Waals surface area contributed by atoms with Gasteiger partial charge >= 0.3 is 0 Å². The third-order valence-electron chi connectivity index (χ3n) is 3.93. The summed E-state index contributed by atoms with van der Waals surface area (Å²) in [6, 6.07) is 8.21. The maximum absolute atomic E-state index is 11.9. The number of rotatable bonds is 6.